The Hall–Kier alpha value is -0.760. The van der Waals surface area contributed by atoms with Crippen molar-refractivity contribution < 1.29 is 43.9 Å². The Bertz CT molecular complexity index is 576. The van der Waals surface area contributed by atoms with Crippen molar-refractivity contribution in [2.24, 2.45) is 11.3 Å². The summed E-state index contributed by atoms with van der Waals surface area (Å²) in [7, 11) is 0. The summed E-state index contributed by atoms with van der Waals surface area (Å²) in [5.41, 5.74) is -3.34. The summed E-state index contributed by atoms with van der Waals surface area (Å²) in [6.45, 7) is 0.626. The van der Waals surface area contributed by atoms with Crippen LogP contribution < -0.4 is 0 Å². The molecule has 0 fully saturated rings. The van der Waals surface area contributed by atoms with E-state index in [2.05, 4.69) is 15.9 Å². The lowest BCUT2D eigenvalue weighted by molar-refractivity contribution is -0.342. The fraction of sp³-hybridized carbons (Fsp3) is 0.833. The van der Waals surface area contributed by atoms with Gasteiger partial charge in [-0.05, 0) is 15.9 Å². The van der Waals surface area contributed by atoms with Gasteiger partial charge in [-0.3, -0.25) is 0 Å². The van der Waals surface area contributed by atoms with Crippen molar-refractivity contribution in [3.63, 3.8) is 0 Å². The van der Waals surface area contributed by atoms with Crippen LogP contribution in [-0.4, -0.2) is 33.9 Å². The molecule has 2 unspecified atom stereocenters. The van der Waals surface area contributed by atoms with Crippen molar-refractivity contribution in [3.8, 4) is 12.1 Å². The first-order chi connectivity index (χ1) is 11.3. The predicted molar refractivity (Wildman–Crippen MR) is 74.9 cm³/mol. The van der Waals surface area contributed by atoms with Crippen molar-refractivity contribution in [1.82, 2.24) is 0 Å². The Kier molecular flexibility index (Phi) is 7.47. The van der Waals surface area contributed by atoms with Gasteiger partial charge in [0.1, 0.15) is 0 Å². The highest BCUT2D eigenvalue weighted by atomic mass is 79.9. The van der Waals surface area contributed by atoms with Crippen molar-refractivity contribution in [2.75, 3.05) is 0 Å². The van der Waals surface area contributed by atoms with Gasteiger partial charge in [0.25, 0.3) is 0 Å². The Morgan fingerprint density at radius 3 is 1.58 bits per heavy atom. The Balaban J connectivity index is 6.13. The molecule has 0 saturated carbocycles. The molecule has 0 aliphatic carbocycles. The fourth-order valence-electron chi connectivity index (χ4n) is 1.84. The van der Waals surface area contributed by atoms with Crippen molar-refractivity contribution in [1.29, 1.82) is 10.5 Å². The average molecular weight is 530 g/mol. The minimum atomic E-state index is -6.66. The van der Waals surface area contributed by atoms with Crippen molar-refractivity contribution >= 4 is 31.9 Å². The van der Waals surface area contributed by atoms with Crippen LogP contribution >= 0.6 is 31.9 Å². The SMILES string of the molecule is CC(C(Br)C(F)(F)Br)C(C#N)(C#N)CC(F)(F)C(F)(F)C(F)(F)C(F)F. The smallest absolute Gasteiger partial charge is 0.203 e. The first-order valence-corrected chi connectivity index (χ1v) is 8.00. The minimum Gasteiger partial charge on any atom is -0.203 e. The summed E-state index contributed by atoms with van der Waals surface area (Å²) in [6, 6.07) is 1.67. The minimum absolute atomic E-state index is 0.626. The Morgan fingerprint density at radius 1 is 0.923 bits per heavy atom. The van der Waals surface area contributed by atoms with Gasteiger partial charge in [0.05, 0.1) is 23.4 Å². The normalized spacial score (nSPS) is 16.8. The van der Waals surface area contributed by atoms with E-state index in [0.717, 1.165) is 12.1 Å². The van der Waals surface area contributed by atoms with Gasteiger partial charge in [-0.25, -0.2) is 8.78 Å². The molecule has 0 aromatic heterocycles. The quantitative estimate of drug-likeness (QED) is 0.287. The highest BCUT2D eigenvalue weighted by molar-refractivity contribution is 9.12. The third-order valence-electron chi connectivity index (χ3n) is 3.58. The Labute approximate surface area is 157 Å². The summed E-state index contributed by atoms with van der Waals surface area (Å²) >= 11 is 4.11. The first kappa shape index (κ1) is 25.2. The predicted octanol–water partition coefficient (Wildman–Crippen LogP) is 5.97. The van der Waals surface area contributed by atoms with E-state index in [1.807, 2.05) is 15.9 Å². The first-order valence-electron chi connectivity index (χ1n) is 6.29. The molecule has 0 amide bonds. The number of hydrogen-bond donors (Lipinski definition) is 0. The van der Waals surface area contributed by atoms with Crippen molar-refractivity contribution in [2.45, 2.75) is 47.2 Å². The van der Waals surface area contributed by atoms with E-state index in [-0.39, 0.29) is 0 Å². The van der Waals surface area contributed by atoms with Gasteiger partial charge < -0.3 is 0 Å². The molecule has 0 radical (unpaired) electrons. The number of rotatable bonds is 8. The molecule has 2 nitrogen and oxygen atoms in total. The molecular formula is C12H8Br2F10N2. The second-order valence-corrected chi connectivity index (χ2v) is 7.35. The molecule has 2 atom stereocenters. The maximum absolute atomic E-state index is 13.8. The molecule has 0 aliphatic heterocycles. The summed E-state index contributed by atoms with van der Waals surface area (Å²) in [5.74, 6) is -21.3. The molecule has 0 saturated heterocycles. The van der Waals surface area contributed by atoms with Crippen molar-refractivity contribution in [3.05, 3.63) is 0 Å². The highest BCUT2D eigenvalue weighted by Crippen LogP contribution is 2.54. The molecule has 14 heteroatoms. The maximum Gasteiger partial charge on any atom is 0.377 e. The van der Waals surface area contributed by atoms with Crippen LogP contribution in [0.4, 0.5) is 43.9 Å². The van der Waals surface area contributed by atoms with Crippen LogP contribution in [-0.2, 0) is 0 Å². The fourth-order valence-corrected chi connectivity index (χ4v) is 2.69. The zero-order valence-electron chi connectivity index (χ0n) is 12.4. The molecule has 0 heterocycles. The molecule has 150 valence electrons. The average Bonchev–Trinajstić information content (AvgIpc) is 2.49. The monoisotopic (exact) mass is 528 g/mol. The van der Waals surface area contributed by atoms with Gasteiger partial charge in [0.2, 0.25) is 0 Å². The highest BCUT2D eigenvalue weighted by Gasteiger charge is 2.76. The molecule has 0 aromatic rings. The third-order valence-corrected chi connectivity index (χ3v) is 6.06. The lowest BCUT2D eigenvalue weighted by Crippen LogP contribution is -2.59. The van der Waals surface area contributed by atoms with E-state index >= 15 is 0 Å². The zero-order chi connectivity index (χ0) is 21.4. The van der Waals surface area contributed by atoms with E-state index in [1.54, 1.807) is 0 Å². The third kappa shape index (κ3) is 4.38. The Morgan fingerprint density at radius 2 is 1.31 bits per heavy atom. The number of halogens is 12. The van der Waals surface area contributed by atoms with Crippen LogP contribution in [0.15, 0.2) is 0 Å². The summed E-state index contributed by atoms with van der Waals surface area (Å²) < 4.78 is 131. The van der Waals surface area contributed by atoms with E-state index in [0.29, 0.717) is 6.92 Å². The summed E-state index contributed by atoms with van der Waals surface area (Å²) in [5, 5.41) is 17.9. The van der Waals surface area contributed by atoms with E-state index in [1.165, 1.54) is 0 Å². The van der Waals surface area contributed by atoms with Crippen LogP contribution in [0, 0.1) is 34.0 Å². The largest absolute Gasteiger partial charge is 0.377 e. The second-order valence-electron chi connectivity index (χ2n) is 5.31. The van der Waals surface area contributed by atoms with Crippen LogP contribution in [0.2, 0.25) is 0 Å². The molecule has 0 spiro atoms. The topological polar surface area (TPSA) is 47.6 Å². The van der Waals surface area contributed by atoms with E-state index < -0.39 is 51.6 Å². The maximum atomic E-state index is 13.8. The van der Waals surface area contributed by atoms with E-state index in [4.69, 9.17) is 10.5 Å². The van der Waals surface area contributed by atoms with Gasteiger partial charge in [-0.2, -0.15) is 45.6 Å². The molecule has 26 heavy (non-hydrogen) atoms. The standard InChI is InChI=1S/C12H8Br2F10N2/c1-5(6(13)11(14,21)22)8(3-25,4-26)2-9(17,18)12(23,24)10(19,20)7(15)16/h5-7H,2H2,1H3. The number of nitrogens with zero attached hydrogens (tertiary/aromatic N) is 2. The van der Waals surface area contributed by atoms with Gasteiger partial charge in [0, 0.05) is 5.92 Å². The van der Waals surface area contributed by atoms with Crippen LogP contribution in [0.25, 0.3) is 0 Å². The lowest BCUT2D eigenvalue weighted by atomic mass is 9.71. The van der Waals surface area contributed by atoms with Gasteiger partial charge in [-0.15, -0.1) is 0 Å². The zero-order valence-corrected chi connectivity index (χ0v) is 15.5. The molecule has 0 N–H and O–H groups in total. The molecule has 0 aliphatic rings. The number of hydrogen-bond acceptors (Lipinski definition) is 2. The van der Waals surface area contributed by atoms with Gasteiger partial charge in [-0.1, -0.05) is 22.9 Å². The number of alkyl halides is 12. The summed E-state index contributed by atoms with van der Waals surface area (Å²) in [6.07, 6.45) is -7.87. The van der Waals surface area contributed by atoms with Crippen LogP contribution in [0.5, 0.6) is 0 Å². The molecule has 0 rings (SSSR count). The molecular weight excluding hydrogens is 522 g/mol. The molecule has 0 aromatic carbocycles. The lowest BCUT2D eigenvalue weighted by Gasteiger charge is -2.38. The summed E-state index contributed by atoms with van der Waals surface area (Å²) in [4.78, 5) is -6.15. The van der Waals surface area contributed by atoms with Crippen LogP contribution in [0.3, 0.4) is 0 Å². The molecule has 0 bridgehead atoms. The number of nitriles is 2. The second kappa shape index (κ2) is 7.70. The van der Waals surface area contributed by atoms with E-state index in [9.17, 15) is 43.9 Å². The van der Waals surface area contributed by atoms with Gasteiger partial charge in [0.15, 0.2) is 5.41 Å². The van der Waals surface area contributed by atoms with Crippen LogP contribution in [0.1, 0.15) is 13.3 Å². The van der Waals surface area contributed by atoms with Gasteiger partial charge >= 0.3 is 29.0 Å².